The quantitative estimate of drug-likeness (QED) is 0.600. The summed E-state index contributed by atoms with van der Waals surface area (Å²) in [6.45, 7) is 3.83. The molecule has 0 aliphatic carbocycles. The molecule has 6 heteroatoms. The second kappa shape index (κ2) is 8.30. The number of carbonyl (C=O) groups excluding carboxylic acids is 2. The summed E-state index contributed by atoms with van der Waals surface area (Å²) in [7, 11) is 1.63. The van der Waals surface area contributed by atoms with Crippen LogP contribution in [0.15, 0.2) is 60.0 Å². The SMILES string of the molecule is CCc1ccc([C@H]2C(C(C)=O)=C(O)C(=O)N2CCc2c[nH]c3ccc(OC)cc23)cc1. The zero-order chi connectivity index (χ0) is 22.1. The number of fused-ring (bicyclic) bond motifs is 1. The van der Waals surface area contributed by atoms with Crippen LogP contribution in [-0.2, 0) is 22.4 Å². The van der Waals surface area contributed by atoms with E-state index < -0.39 is 17.7 Å². The van der Waals surface area contributed by atoms with Gasteiger partial charge in [-0.1, -0.05) is 31.2 Å². The highest BCUT2D eigenvalue weighted by Gasteiger charge is 2.42. The van der Waals surface area contributed by atoms with Crippen molar-refractivity contribution >= 4 is 22.6 Å². The van der Waals surface area contributed by atoms with Crippen molar-refractivity contribution in [2.24, 2.45) is 0 Å². The van der Waals surface area contributed by atoms with E-state index in [0.29, 0.717) is 13.0 Å². The average molecular weight is 418 g/mol. The monoisotopic (exact) mass is 418 g/mol. The van der Waals surface area contributed by atoms with Gasteiger partial charge in [0, 0.05) is 23.6 Å². The first-order valence-electron chi connectivity index (χ1n) is 10.4. The summed E-state index contributed by atoms with van der Waals surface area (Å²) in [5.74, 6) is -0.489. The van der Waals surface area contributed by atoms with Crippen LogP contribution in [0.2, 0.25) is 0 Å². The lowest BCUT2D eigenvalue weighted by molar-refractivity contribution is -0.129. The summed E-state index contributed by atoms with van der Waals surface area (Å²) < 4.78 is 5.33. The molecule has 0 unspecified atom stereocenters. The van der Waals surface area contributed by atoms with Crippen LogP contribution in [0, 0.1) is 0 Å². The minimum Gasteiger partial charge on any atom is -0.503 e. The van der Waals surface area contributed by atoms with Gasteiger partial charge >= 0.3 is 0 Å². The molecule has 160 valence electrons. The number of rotatable bonds is 7. The van der Waals surface area contributed by atoms with Crippen molar-refractivity contribution in [3.05, 3.63) is 76.7 Å². The van der Waals surface area contributed by atoms with Gasteiger partial charge in [0.25, 0.3) is 5.91 Å². The zero-order valence-electron chi connectivity index (χ0n) is 17.9. The molecule has 1 aromatic heterocycles. The normalized spacial score (nSPS) is 16.4. The van der Waals surface area contributed by atoms with Crippen LogP contribution >= 0.6 is 0 Å². The molecule has 2 N–H and O–H groups in total. The number of aliphatic hydroxyl groups is 1. The van der Waals surface area contributed by atoms with Crippen molar-refractivity contribution in [3.63, 3.8) is 0 Å². The Kier molecular flexibility index (Phi) is 5.55. The molecule has 4 rings (SSSR count). The average Bonchev–Trinajstić information content (AvgIpc) is 3.30. The fourth-order valence-electron chi connectivity index (χ4n) is 4.26. The number of H-pyrrole nitrogens is 1. The highest BCUT2D eigenvalue weighted by molar-refractivity contribution is 6.08. The number of aromatic nitrogens is 1. The maximum absolute atomic E-state index is 12.9. The Morgan fingerprint density at radius 3 is 2.58 bits per heavy atom. The van der Waals surface area contributed by atoms with E-state index in [2.05, 4.69) is 11.9 Å². The van der Waals surface area contributed by atoms with Crippen molar-refractivity contribution in [2.75, 3.05) is 13.7 Å². The van der Waals surface area contributed by atoms with E-state index in [1.165, 1.54) is 12.5 Å². The molecule has 0 spiro atoms. The molecule has 2 aromatic carbocycles. The molecule has 6 nitrogen and oxygen atoms in total. The van der Waals surface area contributed by atoms with Gasteiger partial charge in [0.15, 0.2) is 11.5 Å². The van der Waals surface area contributed by atoms with Gasteiger partial charge in [0.2, 0.25) is 0 Å². The molecule has 31 heavy (non-hydrogen) atoms. The number of aromatic amines is 1. The number of aliphatic hydroxyl groups excluding tert-OH is 1. The molecule has 0 radical (unpaired) electrons. The third kappa shape index (κ3) is 3.69. The Balaban J connectivity index is 1.65. The number of hydrogen-bond donors (Lipinski definition) is 2. The van der Waals surface area contributed by atoms with Crippen molar-refractivity contribution < 1.29 is 19.4 Å². The minimum atomic E-state index is -0.587. The van der Waals surface area contributed by atoms with E-state index in [9.17, 15) is 14.7 Å². The van der Waals surface area contributed by atoms with Gasteiger partial charge in [-0.05, 0) is 54.7 Å². The predicted molar refractivity (Wildman–Crippen MR) is 119 cm³/mol. The number of nitrogens with zero attached hydrogens (tertiary/aromatic N) is 1. The molecule has 1 aliphatic heterocycles. The summed E-state index contributed by atoms with van der Waals surface area (Å²) in [5.41, 5.74) is 4.18. The fraction of sp³-hybridized carbons (Fsp3) is 0.280. The van der Waals surface area contributed by atoms with Crippen LogP contribution in [-0.4, -0.2) is 40.3 Å². The maximum atomic E-state index is 12.9. The number of amides is 1. The van der Waals surface area contributed by atoms with Crippen molar-refractivity contribution in [1.29, 1.82) is 0 Å². The van der Waals surface area contributed by atoms with Crippen molar-refractivity contribution in [2.45, 2.75) is 32.7 Å². The number of ether oxygens (including phenoxy) is 1. The Morgan fingerprint density at radius 2 is 1.94 bits per heavy atom. The van der Waals surface area contributed by atoms with Gasteiger partial charge in [-0.25, -0.2) is 0 Å². The van der Waals surface area contributed by atoms with Gasteiger partial charge in [-0.15, -0.1) is 0 Å². The summed E-state index contributed by atoms with van der Waals surface area (Å²) >= 11 is 0. The summed E-state index contributed by atoms with van der Waals surface area (Å²) in [4.78, 5) is 30.0. The van der Waals surface area contributed by atoms with Crippen LogP contribution in [0.4, 0.5) is 0 Å². The first-order valence-corrected chi connectivity index (χ1v) is 10.4. The summed E-state index contributed by atoms with van der Waals surface area (Å²) in [6.07, 6.45) is 3.40. The molecule has 0 saturated heterocycles. The standard InChI is InChI=1S/C25H26N2O4/c1-4-16-5-7-17(8-6-16)23-22(15(2)28)24(29)25(30)27(23)12-11-18-14-26-21-10-9-19(31-3)13-20(18)21/h5-10,13-14,23,26,29H,4,11-12H2,1-3H3/t23-/m0/s1. The molecule has 0 bridgehead atoms. The summed E-state index contributed by atoms with van der Waals surface area (Å²) in [6, 6.07) is 13.1. The minimum absolute atomic E-state index is 0.162. The highest BCUT2D eigenvalue weighted by atomic mass is 16.5. The summed E-state index contributed by atoms with van der Waals surface area (Å²) in [5, 5.41) is 11.5. The number of ketones is 1. The van der Waals surface area contributed by atoms with Crippen LogP contribution < -0.4 is 4.74 Å². The van der Waals surface area contributed by atoms with Crippen LogP contribution in [0.1, 0.15) is 36.6 Å². The van der Waals surface area contributed by atoms with E-state index in [-0.39, 0.29) is 11.4 Å². The number of carbonyl (C=O) groups is 2. The maximum Gasteiger partial charge on any atom is 0.290 e. The number of methoxy groups -OCH3 is 1. The molecule has 0 saturated carbocycles. The second-order valence-corrected chi connectivity index (χ2v) is 7.79. The number of Topliss-reactive ketones (excluding diaryl/α,β-unsaturated/α-hetero) is 1. The van der Waals surface area contributed by atoms with E-state index in [1.807, 2.05) is 48.7 Å². The van der Waals surface area contributed by atoms with E-state index in [4.69, 9.17) is 4.74 Å². The number of benzene rings is 2. The number of aryl methyl sites for hydroxylation is 1. The molecule has 3 aromatic rings. The van der Waals surface area contributed by atoms with Crippen LogP contribution in [0.25, 0.3) is 10.9 Å². The lowest BCUT2D eigenvalue weighted by atomic mass is 9.95. The predicted octanol–water partition coefficient (Wildman–Crippen LogP) is 4.27. The first kappa shape index (κ1) is 20.7. The van der Waals surface area contributed by atoms with E-state index >= 15 is 0 Å². The Labute approximate surface area is 181 Å². The third-order valence-corrected chi connectivity index (χ3v) is 5.98. The first-order chi connectivity index (χ1) is 14.9. The van der Waals surface area contributed by atoms with Crippen molar-refractivity contribution in [3.8, 4) is 5.75 Å². The largest absolute Gasteiger partial charge is 0.503 e. The third-order valence-electron chi connectivity index (χ3n) is 5.98. The lowest BCUT2D eigenvalue weighted by Crippen LogP contribution is -2.32. The fourth-order valence-corrected chi connectivity index (χ4v) is 4.26. The molecular weight excluding hydrogens is 392 g/mol. The Bertz CT molecular complexity index is 1170. The van der Waals surface area contributed by atoms with Gasteiger partial charge in [-0.2, -0.15) is 0 Å². The van der Waals surface area contributed by atoms with Crippen molar-refractivity contribution in [1.82, 2.24) is 9.88 Å². The Hall–Kier alpha value is -3.54. The molecule has 0 fully saturated rings. The molecule has 2 heterocycles. The number of nitrogens with one attached hydrogen (secondary N) is 1. The lowest BCUT2D eigenvalue weighted by Gasteiger charge is -2.26. The van der Waals surface area contributed by atoms with Gasteiger partial charge < -0.3 is 19.7 Å². The van der Waals surface area contributed by atoms with E-state index in [0.717, 1.165) is 34.2 Å². The van der Waals surface area contributed by atoms with Gasteiger partial charge in [0.1, 0.15) is 5.75 Å². The Morgan fingerprint density at radius 1 is 1.19 bits per heavy atom. The smallest absolute Gasteiger partial charge is 0.290 e. The molecule has 1 amide bonds. The molecule has 1 aliphatic rings. The van der Waals surface area contributed by atoms with Gasteiger partial charge in [-0.3, -0.25) is 9.59 Å². The van der Waals surface area contributed by atoms with Crippen LogP contribution in [0.5, 0.6) is 5.75 Å². The van der Waals surface area contributed by atoms with Crippen LogP contribution in [0.3, 0.4) is 0 Å². The second-order valence-electron chi connectivity index (χ2n) is 7.79. The van der Waals surface area contributed by atoms with Gasteiger partial charge in [0.05, 0.1) is 18.7 Å². The van der Waals surface area contributed by atoms with E-state index in [1.54, 1.807) is 12.0 Å². The number of hydrogen-bond acceptors (Lipinski definition) is 4. The topological polar surface area (TPSA) is 82.6 Å². The molecule has 1 atom stereocenters. The highest BCUT2D eigenvalue weighted by Crippen LogP contribution is 2.38. The zero-order valence-corrected chi connectivity index (χ0v) is 17.9. The molecular formula is C25H26N2O4.